The zero-order valence-electron chi connectivity index (χ0n) is 29.9. The van der Waals surface area contributed by atoms with Crippen LogP contribution in [0.3, 0.4) is 0 Å². The molecule has 0 fully saturated rings. The molecule has 3 nitrogen and oxygen atoms in total. The van der Waals surface area contributed by atoms with Gasteiger partial charge in [0.2, 0.25) is 0 Å². The SMILES string of the molecule is [2H]c1cc(CC(C)(C)C)cc(C([2H])([2H])[2H])c1-c1cc(-c2cccc3c2oc2cc(C4=NC(C)(C)CS4)ccc23)ncc1C([2H])([2H])[2H]. The summed E-state index contributed by atoms with van der Waals surface area (Å²) in [5, 5.41) is 2.78. The van der Waals surface area contributed by atoms with Crippen LogP contribution in [0.25, 0.3) is 44.3 Å². The molecule has 3 aromatic carbocycles. The van der Waals surface area contributed by atoms with Crippen LogP contribution in [0.5, 0.6) is 0 Å². The van der Waals surface area contributed by atoms with Crippen LogP contribution in [0, 0.1) is 19.1 Å². The number of nitrogens with zero attached hydrogens (tertiary/aromatic N) is 2. The van der Waals surface area contributed by atoms with E-state index in [0.717, 1.165) is 27.1 Å². The molecule has 0 spiro atoms. The van der Waals surface area contributed by atoms with Crippen LogP contribution in [0.15, 0.2) is 76.2 Å². The van der Waals surface area contributed by atoms with Gasteiger partial charge in [-0.1, -0.05) is 57.1 Å². The first-order chi connectivity index (χ1) is 21.3. The molecule has 6 rings (SSSR count). The van der Waals surface area contributed by atoms with Crippen molar-refractivity contribution in [1.82, 2.24) is 4.98 Å². The number of thioether (sulfide) groups is 1. The number of pyridine rings is 1. The highest BCUT2D eigenvalue weighted by Gasteiger charge is 2.26. The van der Waals surface area contributed by atoms with Gasteiger partial charge in [-0.15, -0.1) is 11.8 Å². The van der Waals surface area contributed by atoms with Gasteiger partial charge >= 0.3 is 0 Å². The molecule has 198 valence electrons. The maximum atomic E-state index is 8.99. The van der Waals surface area contributed by atoms with Crippen molar-refractivity contribution in [2.24, 2.45) is 10.4 Å². The molecule has 0 bridgehead atoms. The van der Waals surface area contributed by atoms with E-state index in [0.29, 0.717) is 34.4 Å². The van der Waals surface area contributed by atoms with Crippen LogP contribution >= 0.6 is 11.8 Å². The van der Waals surface area contributed by atoms with E-state index in [1.54, 1.807) is 30.0 Å². The molecular weight excluding hydrogens is 496 g/mol. The smallest absolute Gasteiger partial charge is 0.144 e. The van der Waals surface area contributed by atoms with E-state index in [2.05, 4.69) is 18.8 Å². The van der Waals surface area contributed by atoms with E-state index in [-0.39, 0.29) is 39.3 Å². The summed E-state index contributed by atoms with van der Waals surface area (Å²) in [6, 6.07) is 16.6. The highest BCUT2D eigenvalue weighted by molar-refractivity contribution is 8.14. The van der Waals surface area contributed by atoms with Crippen LogP contribution in [-0.4, -0.2) is 21.3 Å². The fourth-order valence-corrected chi connectivity index (χ4v) is 6.31. The molecule has 1 aliphatic heterocycles. The van der Waals surface area contributed by atoms with Crippen LogP contribution in [0.1, 0.15) is 66.5 Å². The molecule has 0 N–H and O–H groups in total. The third kappa shape index (κ3) is 5.03. The van der Waals surface area contributed by atoms with Gasteiger partial charge in [0.05, 0.1) is 17.6 Å². The first-order valence-corrected chi connectivity index (χ1v) is 14.1. The first kappa shape index (κ1) is 18.8. The third-order valence-electron chi connectivity index (χ3n) is 6.90. The Labute approximate surface area is 245 Å². The molecule has 0 atom stereocenters. The molecule has 5 aromatic rings. The summed E-state index contributed by atoms with van der Waals surface area (Å²) in [6.07, 6.45) is 1.84. The summed E-state index contributed by atoms with van der Waals surface area (Å²) in [6.45, 7) is 5.19. The Bertz CT molecular complexity index is 2030. The summed E-state index contributed by atoms with van der Waals surface area (Å²) >= 11 is 1.72. The van der Waals surface area contributed by atoms with Crippen LogP contribution < -0.4 is 0 Å². The van der Waals surface area contributed by atoms with Gasteiger partial charge in [-0.2, -0.15) is 0 Å². The minimum absolute atomic E-state index is 0.0409. The van der Waals surface area contributed by atoms with Crippen molar-refractivity contribution >= 4 is 38.7 Å². The number of aryl methyl sites for hydroxylation is 2. The minimum Gasteiger partial charge on any atom is -0.455 e. The molecule has 4 heteroatoms. The van der Waals surface area contributed by atoms with Crippen molar-refractivity contribution in [1.29, 1.82) is 0 Å². The summed E-state index contributed by atoms with van der Waals surface area (Å²) in [5.74, 6) is 0.910. The van der Waals surface area contributed by atoms with E-state index in [4.69, 9.17) is 19.0 Å². The maximum absolute atomic E-state index is 8.99. The predicted octanol–water partition coefficient (Wildman–Crippen LogP) is 9.79. The van der Waals surface area contributed by atoms with Gasteiger partial charge in [0.15, 0.2) is 0 Å². The normalized spacial score (nSPS) is 18.6. The lowest BCUT2D eigenvalue weighted by Crippen LogP contribution is -2.15. The summed E-state index contributed by atoms with van der Waals surface area (Å²) in [4.78, 5) is 9.43. The van der Waals surface area contributed by atoms with E-state index in [9.17, 15) is 0 Å². The van der Waals surface area contributed by atoms with Gasteiger partial charge in [0.1, 0.15) is 11.2 Å². The van der Waals surface area contributed by atoms with Crippen molar-refractivity contribution < 1.29 is 14.0 Å². The highest BCUT2D eigenvalue weighted by Crippen LogP contribution is 2.39. The van der Waals surface area contributed by atoms with Crippen LogP contribution in [0.2, 0.25) is 0 Å². The molecule has 0 radical (unpaired) electrons. The van der Waals surface area contributed by atoms with Gasteiger partial charge < -0.3 is 4.42 Å². The molecule has 1 aliphatic rings. The largest absolute Gasteiger partial charge is 0.455 e. The molecule has 0 amide bonds. The lowest BCUT2D eigenvalue weighted by molar-refractivity contribution is 0.411. The number of aromatic nitrogens is 1. The number of para-hydroxylation sites is 1. The Hall–Kier alpha value is -3.37. The van der Waals surface area contributed by atoms with Gasteiger partial charge in [0, 0.05) is 42.1 Å². The van der Waals surface area contributed by atoms with Crippen molar-refractivity contribution in [2.45, 2.75) is 60.3 Å². The summed E-state index contributed by atoms with van der Waals surface area (Å²) in [7, 11) is 0. The second-order valence-electron chi connectivity index (χ2n) is 12.2. The average molecular weight is 540 g/mol. The Kier molecular flexibility index (Phi) is 4.53. The number of furan rings is 1. The monoisotopic (exact) mass is 539 g/mol. The number of aliphatic imine (C=N–C) groups is 1. The quantitative estimate of drug-likeness (QED) is 0.228. The lowest BCUT2D eigenvalue weighted by atomic mass is 9.86. The topological polar surface area (TPSA) is 38.4 Å². The second-order valence-corrected chi connectivity index (χ2v) is 13.1. The second kappa shape index (κ2) is 9.38. The van der Waals surface area contributed by atoms with Gasteiger partial charge in [-0.25, -0.2) is 0 Å². The molecule has 39 heavy (non-hydrogen) atoms. The van der Waals surface area contributed by atoms with Crippen molar-refractivity contribution in [3.63, 3.8) is 0 Å². The van der Waals surface area contributed by atoms with Gasteiger partial charge in [-0.3, -0.25) is 9.98 Å². The fourth-order valence-electron chi connectivity index (χ4n) is 5.15. The van der Waals surface area contributed by atoms with Crippen LogP contribution in [-0.2, 0) is 6.42 Å². The number of benzene rings is 3. The van der Waals surface area contributed by atoms with E-state index >= 15 is 0 Å². The molecular formula is C35H36N2OS. The third-order valence-corrected chi connectivity index (χ3v) is 8.35. The standard InChI is InChI=1S/C35H36N2OS/c1-21-15-23(18-34(3,4)5)11-13-25(21)29-17-30(36-19-22(29)2)28-10-8-9-27-26-14-12-24(16-31(26)38-32(27)28)33-37-35(6,7)20-39-33/h8-17,19H,18,20H2,1-7H3/i1D3,2D3,13D. The average Bonchev–Trinajstić information content (AvgIpc) is 3.49. The molecule has 2 aromatic heterocycles. The van der Waals surface area contributed by atoms with Crippen LogP contribution in [0.4, 0.5) is 0 Å². The van der Waals surface area contributed by atoms with Crippen molar-refractivity contribution in [3.05, 3.63) is 89.1 Å². The fraction of sp³-hybridized carbons (Fsp3) is 0.314. The Morgan fingerprint density at radius 1 is 0.974 bits per heavy atom. The number of fused-ring (bicyclic) bond motifs is 3. The summed E-state index contributed by atoms with van der Waals surface area (Å²) < 4.78 is 65.4. The molecule has 0 unspecified atom stereocenters. The molecule has 3 heterocycles. The number of rotatable bonds is 4. The predicted molar refractivity (Wildman–Crippen MR) is 168 cm³/mol. The van der Waals surface area contributed by atoms with Gasteiger partial charge in [0.25, 0.3) is 0 Å². The molecule has 0 saturated carbocycles. The zero-order valence-corrected chi connectivity index (χ0v) is 23.7. The van der Waals surface area contributed by atoms with Crippen molar-refractivity contribution in [2.75, 3.05) is 5.75 Å². The minimum atomic E-state index is -2.60. The number of hydrogen-bond donors (Lipinski definition) is 0. The Morgan fingerprint density at radius 3 is 2.56 bits per heavy atom. The molecule has 0 saturated heterocycles. The zero-order chi connectivity index (χ0) is 33.4. The highest BCUT2D eigenvalue weighted by atomic mass is 32.2. The van der Waals surface area contributed by atoms with Gasteiger partial charge in [-0.05, 0) is 91.5 Å². The number of hydrogen-bond acceptors (Lipinski definition) is 4. The van der Waals surface area contributed by atoms with E-state index in [1.807, 2.05) is 57.2 Å². The Morgan fingerprint density at radius 2 is 1.82 bits per heavy atom. The van der Waals surface area contributed by atoms with Crippen molar-refractivity contribution in [3.8, 4) is 22.4 Å². The lowest BCUT2D eigenvalue weighted by Gasteiger charge is -2.19. The van der Waals surface area contributed by atoms with E-state index < -0.39 is 13.7 Å². The Balaban J connectivity index is 1.55. The first-order valence-electron chi connectivity index (χ1n) is 16.6. The van der Waals surface area contributed by atoms with E-state index in [1.165, 1.54) is 6.20 Å². The molecule has 0 aliphatic carbocycles. The maximum Gasteiger partial charge on any atom is 0.144 e. The summed E-state index contributed by atoms with van der Waals surface area (Å²) in [5.41, 5.74) is 3.84.